The molecule has 8 nitrogen and oxygen atoms in total. The third-order valence-electron chi connectivity index (χ3n) is 8.34. The minimum absolute atomic E-state index is 0.0451. The topological polar surface area (TPSA) is 91.4 Å². The lowest BCUT2D eigenvalue weighted by Gasteiger charge is -2.62. The van der Waals surface area contributed by atoms with Crippen molar-refractivity contribution in [3.63, 3.8) is 0 Å². The van der Waals surface area contributed by atoms with Gasteiger partial charge in [0.15, 0.2) is 0 Å². The molecule has 3 atom stereocenters. The van der Waals surface area contributed by atoms with E-state index < -0.39 is 30.5 Å². The Hall–Kier alpha value is -2.61. The maximum absolute atomic E-state index is 13.1. The van der Waals surface area contributed by atoms with E-state index in [1.54, 1.807) is 22.9 Å². The summed E-state index contributed by atoms with van der Waals surface area (Å²) in [6.07, 6.45) is -6.54. The predicted molar refractivity (Wildman–Crippen MR) is 111 cm³/mol. The smallest absolute Gasteiger partial charge is 0.425 e. The van der Waals surface area contributed by atoms with Gasteiger partial charge in [-0.2, -0.15) is 0 Å². The number of nitrogens with zero attached hydrogens (tertiary/aromatic N) is 3. The highest BCUT2D eigenvalue weighted by Crippen LogP contribution is 2.61. The fourth-order valence-electron chi connectivity index (χ4n) is 6.20. The van der Waals surface area contributed by atoms with Crippen LogP contribution in [-0.2, 0) is 9.47 Å². The summed E-state index contributed by atoms with van der Waals surface area (Å²) in [5.74, 6) is 0.243. The van der Waals surface area contributed by atoms with Crippen molar-refractivity contribution in [1.29, 1.82) is 0 Å². The van der Waals surface area contributed by atoms with E-state index in [1.165, 1.54) is 0 Å². The lowest BCUT2D eigenvalue weighted by molar-refractivity contribution is -0.353. The Bertz CT molecular complexity index is 1170. The Balaban J connectivity index is 1.03. The second-order valence-electron chi connectivity index (χ2n) is 10.5. The molecule has 0 bridgehead atoms. The zero-order chi connectivity index (χ0) is 26.2. The molecular weight excluding hydrogens is 510 g/mol. The summed E-state index contributed by atoms with van der Waals surface area (Å²) in [6, 6.07) is 3.10. The standard InChI is InChI=1S/C23H24F6N4O4/c24-22(25,26)36-13-6-11(7-13)19-31-32-20(35-19)15-10-21(4-3-16(15)21)30-18(34)17-2-1-5-33(17)12-8-14(9-12)37-23(27,28)29/h1-2,5,11-16H,3-4,6-10H2,(H,30,34). The zero-order valence-electron chi connectivity index (χ0n) is 19.4. The van der Waals surface area contributed by atoms with Crippen LogP contribution in [0.1, 0.15) is 85.1 Å². The van der Waals surface area contributed by atoms with Crippen molar-refractivity contribution in [3.05, 3.63) is 35.8 Å². The van der Waals surface area contributed by atoms with Gasteiger partial charge in [0.25, 0.3) is 5.91 Å². The first-order valence-electron chi connectivity index (χ1n) is 12.2. The number of hydrogen-bond donors (Lipinski definition) is 1. The Morgan fingerprint density at radius 1 is 1.03 bits per heavy atom. The molecule has 2 aromatic heterocycles. The van der Waals surface area contributed by atoms with Crippen molar-refractivity contribution in [2.24, 2.45) is 5.92 Å². The van der Waals surface area contributed by atoms with Gasteiger partial charge in [-0.05, 0) is 63.0 Å². The van der Waals surface area contributed by atoms with E-state index in [0.29, 0.717) is 23.9 Å². The van der Waals surface area contributed by atoms with Gasteiger partial charge < -0.3 is 14.3 Å². The Morgan fingerprint density at radius 2 is 1.68 bits per heavy atom. The number of ether oxygens (including phenoxy) is 2. The van der Waals surface area contributed by atoms with Gasteiger partial charge in [-0.25, -0.2) is 0 Å². The first-order chi connectivity index (χ1) is 17.4. The summed E-state index contributed by atoms with van der Waals surface area (Å²) in [4.78, 5) is 13.1. The molecule has 1 N–H and O–H groups in total. The lowest BCUT2D eigenvalue weighted by atomic mass is 9.47. The molecule has 202 valence electrons. The van der Waals surface area contributed by atoms with Crippen LogP contribution in [0.5, 0.6) is 0 Å². The van der Waals surface area contributed by atoms with Gasteiger partial charge >= 0.3 is 12.7 Å². The van der Waals surface area contributed by atoms with Crippen molar-refractivity contribution >= 4 is 5.91 Å². The lowest BCUT2D eigenvalue weighted by Crippen LogP contribution is -2.69. The molecule has 3 unspecified atom stereocenters. The molecule has 37 heavy (non-hydrogen) atoms. The first-order valence-corrected chi connectivity index (χ1v) is 12.2. The molecule has 0 aliphatic heterocycles. The van der Waals surface area contributed by atoms with Gasteiger partial charge in [-0.3, -0.25) is 14.3 Å². The summed E-state index contributed by atoms with van der Waals surface area (Å²) < 4.78 is 89.8. The molecule has 6 rings (SSSR count). The number of halogens is 6. The van der Waals surface area contributed by atoms with Gasteiger partial charge in [0.05, 0.1) is 12.2 Å². The van der Waals surface area contributed by atoms with Gasteiger partial charge in [0.2, 0.25) is 11.8 Å². The molecule has 4 aliphatic carbocycles. The van der Waals surface area contributed by atoms with E-state index in [9.17, 15) is 31.1 Å². The highest BCUT2D eigenvalue weighted by molar-refractivity contribution is 5.93. The second-order valence-corrected chi connectivity index (χ2v) is 10.5. The Kier molecular flexibility index (Phi) is 5.64. The third-order valence-corrected chi connectivity index (χ3v) is 8.34. The van der Waals surface area contributed by atoms with Gasteiger partial charge in [-0.1, -0.05) is 0 Å². The number of aromatic nitrogens is 3. The predicted octanol–water partition coefficient (Wildman–Crippen LogP) is 4.96. The minimum Gasteiger partial charge on any atom is -0.425 e. The molecule has 1 amide bonds. The molecule has 0 spiro atoms. The van der Waals surface area contributed by atoms with Crippen molar-refractivity contribution in [2.75, 3.05) is 0 Å². The van der Waals surface area contributed by atoms with E-state index in [1.807, 2.05) is 0 Å². The summed E-state index contributed by atoms with van der Waals surface area (Å²) in [6.45, 7) is 0. The number of hydrogen-bond acceptors (Lipinski definition) is 6. The number of fused-ring (bicyclic) bond motifs is 1. The highest BCUT2D eigenvalue weighted by Gasteiger charge is 2.63. The zero-order valence-corrected chi connectivity index (χ0v) is 19.4. The van der Waals surface area contributed by atoms with Crippen molar-refractivity contribution in [3.8, 4) is 0 Å². The van der Waals surface area contributed by atoms with Crippen LogP contribution in [0.25, 0.3) is 0 Å². The van der Waals surface area contributed by atoms with Crippen molar-refractivity contribution in [1.82, 2.24) is 20.1 Å². The first kappa shape index (κ1) is 24.7. The molecule has 4 aliphatic rings. The molecule has 0 radical (unpaired) electrons. The molecule has 2 aromatic rings. The number of alkyl halides is 6. The maximum atomic E-state index is 13.1. The highest BCUT2D eigenvalue weighted by atomic mass is 19.4. The fraction of sp³-hybridized carbons (Fsp3) is 0.696. The molecule has 0 saturated heterocycles. The van der Waals surface area contributed by atoms with Crippen LogP contribution < -0.4 is 5.32 Å². The van der Waals surface area contributed by atoms with E-state index in [-0.39, 0.29) is 55.4 Å². The third kappa shape index (κ3) is 4.62. The van der Waals surface area contributed by atoms with Crippen LogP contribution >= 0.6 is 0 Å². The van der Waals surface area contributed by atoms with Gasteiger partial charge in [0.1, 0.15) is 5.69 Å². The van der Waals surface area contributed by atoms with Gasteiger partial charge in [0, 0.05) is 29.6 Å². The van der Waals surface area contributed by atoms with Crippen LogP contribution in [0.2, 0.25) is 0 Å². The summed E-state index contributed by atoms with van der Waals surface area (Å²) in [5.41, 5.74) is -0.0191. The van der Waals surface area contributed by atoms with Crippen LogP contribution in [0, 0.1) is 5.92 Å². The van der Waals surface area contributed by atoms with Crippen LogP contribution in [-0.4, -0.2) is 51.1 Å². The molecule has 14 heteroatoms. The Labute approximate surface area is 206 Å². The minimum atomic E-state index is -4.67. The molecule has 2 heterocycles. The van der Waals surface area contributed by atoms with Crippen molar-refractivity contribution < 1.29 is 45.0 Å². The maximum Gasteiger partial charge on any atom is 0.522 e. The number of carbonyl (C=O) groups excluding carboxylic acids is 1. The fourth-order valence-corrected chi connectivity index (χ4v) is 6.20. The summed E-state index contributed by atoms with van der Waals surface area (Å²) >= 11 is 0. The summed E-state index contributed by atoms with van der Waals surface area (Å²) in [7, 11) is 0. The van der Waals surface area contributed by atoms with Crippen LogP contribution in [0.15, 0.2) is 22.7 Å². The second kappa shape index (κ2) is 8.45. The monoisotopic (exact) mass is 534 g/mol. The Morgan fingerprint density at radius 3 is 2.27 bits per heavy atom. The SMILES string of the molecule is O=C(NC12CCC1C(c1nnc(C3CC(OC(F)(F)F)C3)o1)C2)c1cccn1C1CC(OC(F)(F)F)C1. The summed E-state index contributed by atoms with van der Waals surface area (Å²) in [5, 5.41) is 11.3. The van der Waals surface area contributed by atoms with Crippen LogP contribution in [0.3, 0.4) is 0 Å². The van der Waals surface area contributed by atoms with E-state index >= 15 is 0 Å². The quantitative estimate of drug-likeness (QED) is 0.505. The number of carbonyl (C=O) groups is 1. The van der Waals surface area contributed by atoms with E-state index in [2.05, 4.69) is 25.0 Å². The average molecular weight is 534 g/mol. The normalized spacial score (nSPS) is 35.0. The van der Waals surface area contributed by atoms with Gasteiger partial charge in [-0.15, -0.1) is 36.5 Å². The van der Waals surface area contributed by atoms with Crippen molar-refractivity contribution in [2.45, 2.75) is 93.3 Å². The largest absolute Gasteiger partial charge is 0.522 e. The molecule has 4 saturated carbocycles. The number of nitrogens with one attached hydrogen (secondary N) is 1. The number of amides is 1. The molecule has 4 fully saturated rings. The van der Waals surface area contributed by atoms with E-state index in [0.717, 1.165) is 12.8 Å². The van der Waals surface area contributed by atoms with E-state index in [4.69, 9.17) is 4.42 Å². The molecule has 0 aromatic carbocycles. The average Bonchev–Trinajstić information content (AvgIpc) is 3.39. The van der Waals surface area contributed by atoms with Crippen LogP contribution in [0.4, 0.5) is 26.3 Å². The molecular formula is C23H24F6N4O4. The number of rotatable bonds is 7.